The van der Waals surface area contributed by atoms with Gasteiger partial charge in [-0.1, -0.05) is 42.5 Å². The summed E-state index contributed by atoms with van der Waals surface area (Å²) < 4.78 is 11.3. The maximum Gasteiger partial charge on any atom is 0.161 e. The lowest BCUT2D eigenvalue weighted by molar-refractivity contribution is 0.0194. The van der Waals surface area contributed by atoms with E-state index in [0.29, 0.717) is 0 Å². The number of para-hydroxylation sites is 2. The summed E-state index contributed by atoms with van der Waals surface area (Å²) in [4.78, 5) is 2.42. The number of benzene rings is 2. The molecule has 0 spiro atoms. The summed E-state index contributed by atoms with van der Waals surface area (Å²) >= 11 is 0. The Morgan fingerprint density at radius 3 is 2.33 bits per heavy atom. The van der Waals surface area contributed by atoms with E-state index in [-0.39, 0.29) is 6.10 Å². The Labute approximate surface area is 126 Å². The maximum absolute atomic E-state index is 5.99. The molecular weight excluding hydrogens is 262 g/mol. The van der Waals surface area contributed by atoms with E-state index in [4.69, 9.17) is 9.47 Å². The average molecular weight is 283 g/mol. The highest BCUT2D eigenvalue weighted by Crippen LogP contribution is 2.28. The Hall–Kier alpha value is -2.00. The fraction of sp³-hybridized carbons (Fsp3) is 0.333. The summed E-state index contributed by atoms with van der Waals surface area (Å²) in [6.07, 6.45) is 1.37. The summed E-state index contributed by atoms with van der Waals surface area (Å²) in [6, 6.07) is 18.4. The average Bonchev–Trinajstić information content (AvgIpc) is 2.50. The number of likely N-dealkylation sites (tertiary alicyclic amines) is 1. The molecule has 1 aliphatic heterocycles. The van der Waals surface area contributed by atoms with Crippen molar-refractivity contribution in [2.45, 2.75) is 12.5 Å². The molecule has 0 unspecified atom stereocenters. The first kappa shape index (κ1) is 14.0. The second-order valence-corrected chi connectivity index (χ2v) is 5.39. The van der Waals surface area contributed by atoms with Gasteiger partial charge in [0.2, 0.25) is 0 Å². The predicted octanol–water partition coefficient (Wildman–Crippen LogP) is 3.00. The van der Waals surface area contributed by atoms with Crippen molar-refractivity contribution in [3.05, 3.63) is 60.2 Å². The van der Waals surface area contributed by atoms with Crippen LogP contribution in [0.1, 0.15) is 5.56 Å². The Morgan fingerprint density at radius 2 is 1.62 bits per heavy atom. The lowest BCUT2D eigenvalue weighted by Gasteiger charge is -2.39. The van der Waals surface area contributed by atoms with Crippen LogP contribution in [0.15, 0.2) is 54.6 Å². The summed E-state index contributed by atoms with van der Waals surface area (Å²) in [5, 5.41) is 0. The highest BCUT2D eigenvalue weighted by atomic mass is 16.5. The minimum absolute atomic E-state index is 0.275. The van der Waals surface area contributed by atoms with Crippen LogP contribution in [0.2, 0.25) is 0 Å². The summed E-state index contributed by atoms with van der Waals surface area (Å²) in [5.41, 5.74) is 1.39. The summed E-state index contributed by atoms with van der Waals surface area (Å²) in [5.74, 6) is 1.65. The van der Waals surface area contributed by atoms with Gasteiger partial charge in [0.25, 0.3) is 0 Å². The van der Waals surface area contributed by atoms with E-state index in [0.717, 1.165) is 37.6 Å². The zero-order valence-corrected chi connectivity index (χ0v) is 12.4. The van der Waals surface area contributed by atoms with Crippen LogP contribution < -0.4 is 9.47 Å². The van der Waals surface area contributed by atoms with E-state index >= 15 is 0 Å². The molecule has 3 heteroatoms. The lowest BCUT2D eigenvalue weighted by Crippen LogP contribution is -2.54. The Bertz CT molecular complexity index is 564. The zero-order valence-electron chi connectivity index (χ0n) is 12.4. The molecule has 0 aromatic heterocycles. The number of nitrogens with zero attached hydrogens (tertiary/aromatic N) is 1. The monoisotopic (exact) mass is 283 g/mol. The van der Waals surface area contributed by atoms with Crippen molar-refractivity contribution in [1.29, 1.82) is 0 Å². The van der Waals surface area contributed by atoms with Gasteiger partial charge in [0, 0.05) is 19.6 Å². The molecule has 21 heavy (non-hydrogen) atoms. The van der Waals surface area contributed by atoms with Crippen molar-refractivity contribution in [2.24, 2.45) is 0 Å². The van der Waals surface area contributed by atoms with Gasteiger partial charge in [-0.15, -0.1) is 0 Å². The number of rotatable bonds is 6. The summed E-state index contributed by atoms with van der Waals surface area (Å²) in [7, 11) is 1.68. The largest absolute Gasteiger partial charge is 0.493 e. The molecule has 2 aromatic carbocycles. The fourth-order valence-electron chi connectivity index (χ4n) is 2.61. The molecule has 1 aliphatic rings. The van der Waals surface area contributed by atoms with E-state index < -0.39 is 0 Å². The van der Waals surface area contributed by atoms with E-state index in [2.05, 4.69) is 35.2 Å². The van der Waals surface area contributed by atoms with Crippen LogP contribution in [0.5, 0.6) is 11.5 Å². The second kappa shape index (κ2) is 6.64. The van der Waals surface area contributed by atoms with Crippen molar-refractivity contribution >= 4 is 0 Å². The molecule has 0 saturated carbocycles. The van der Waals surface area contributed by atoms with Crippen molar-refractivity contribution in [3.8, 4) is 11.5 Å². The molecule has 0 radical (unpaired) electrons. The molecule has 3 rings (SSSR count). The van der Waals surface area contributed by atoms with E-state index in [1.165, 1.54) is 5.56 Å². The first-order valence-electron chi connectivity index (χ1n) is 7.41. The Kier molecular flexibility index (Phi) is 4.41. The number of hydrogen-bond acceptors (Lipinski definition) is 3. The normalized spacial score (nSPS) is 15.5. The maximum atomic E-state index is 5.99. The molecule has 1 heterocycles. The molecule has 2 aromatic rings. The molecule has 0 aliphatic carbocycles. The van der Waals surface area contributed by atoms with Crippen molar-refractivity contribution < 1.29 is 9.47 Å². The molecule has 3 nitrogen and oxygen atoms in total. The summed E-state index contributed by atoms with van der Waals surface area (Å²) in [6.45, 7) is 3.07. The van der Waals surface area contributed by atoms with Gasteiger partial charge in [-0.3, -0.25) is 4.90 Å². The van der Waals surface area contributed by atoms with Gasteiger partial charge in [-0.2, -0.15) is 0 Å². The first-order valence-corrected chi connectivity index (χ1v) is 7.41. The molecule has 1 fully saturated rings. The van der Waals surface area contributed by atoms with Crippen LogP contribution >= 0.6 is 0 Å². The molecule has 0 bridgehead atoms. The van der Waals surface area contributed by atoms with Crippen LogP contribution in [-0.2, 0) is 6.42 Å². The quantitative estimate of drug-likeness (QED) is 0.813. The number of methoxy groups -OCH3 is 1. The van der Waals surface area contributed by atoms with Gasteiger partial charge in [0.05, 0.1) is 7.11 Å². The third-order valence-electron chi connectivity index (χ3n) is 3.85. The standard InChI is InChI=1S/C18H21NO2/c1-20-17-9-5-6-10-18(17)21-16-13-19(14-16)12-11-15-7-3-2-4-8-15/h2-10,16H,11-14H2,1H3. The van der Waals surface area contributed by atoms with Gasteiger partial charge in [-0.25, -0.2) is 0 Å². The van der Waals surface area contributed by atoms with Crippen LogP contribution in [-0.4, -0.2) is 37.7 Å². The van der Waals surface area contributed by atoms with Crippen LogP contribution in [0.25, 0.3) is 0 Å². The third kappa shape index (κ3) is 3.56. The van der Waals surface area contributed by atoms with Crippen LogP contribution in [0.3, 0.4) is 0 Å². The number of ether oxygens (including phenoxy) is 2. The lowest BCUT2D eigenvalue weighted by atomic mass is 10.1. The van der Waals surface area contributed by atoms with Crippen LogP contribution in [0, 0.1) is 0 Å². The van der Waals surface area contributed by atoms with Crippen molar-refractivity contribution in [1.82, 2.24) is 4.90 Å². The molecular formula is C18H21NO2. The van der Waals surface area contributed by atoms with E-state index in [9.17, 15) is 0 Å². The Morgan fingerprint density at radius 1 is 0.952 bits per heavy atom. The Balaban J connectivity index is 1.44. The first-order chi connectivity index (χ1) is 10.3. The van der Waals surface area contributed by atoms with Gasteiger partial charge >= 0.3 is 0 Å². The number of hydrogen-bond donors (Lipinski definition) is 0. The van der Waals surface area contributed by atoms with Gasteiger partial charge < -0.3 is 9.47 Å². The van der Waals surface area contributed by atoms with Crippen molar-refractivity contribution in [3.63, 3.8) is 0 Å². The van der Waals surface area contributed by atoms with Crippen LogP contribution in [0.4, 0.5) is 0 Å². The topological polar surface area (TPSA) is 21.7 Å². The third-order valence-corrected chi connectivity index (χ3v) is 3.85. The zero-order chi connectivity index (χ0) is 14.5. The molecule has 110 valence electrons. The van der Waals surface area contributed by atoms with E-state index in [1.54, 1.807) is 7.11 Å². The predicted molar refractivity (Wildman–Crippen MR) is 84.0 cm³/mol. The SMILES string of the molecule is COc1ccccc1OC1CN(CCc2ccccc2)C1. The van der Waals surface area contributed by atoms with Gasteiger partial charge in [0.1, 0.15) is 6.10 Å². The smallest absolute Gasteiger partial charge is 0.161 e. The molecule has 1 saturated heterocycles. The molecule has 0 atom stereocenters. The van der Waals surface area contributed by atoms with Gasteiger partial charge in [-0.05, 0) is 24.1 Å². The van der Waals surface area contributed by atoms with Crippen molar-refractivity contribution in [2.75, 3.05) is 26.7 Å². The molecule has 0 N–H and O–H groups in total. The highest BCUT2D eigenvalue weighted by Gasteiger charge is 2.28. The molecule has 0 amide bonds. The fourth-order valence-corrected chi connectivity index (χ4v) is 2.61. The second-order valence-electron chi connectivity index (χ2n) is 5.39. The highest BCUT2D eigenvalue weighted by molar-refractivity contribution is 5.39. The van der Waals surface area contributed by atoms with E-state index in [1.807, 2.05) is 24.3 Å². The minimum Gasteiger partial charge on any atom is -0.493 e. The minimum atomic E-state index is 0.275. The van der Waals surface area contributed by atoms with Gasteiger partial charge in [0.15, 0.2) is 11.5 Å².